The molecule has 0 radical (unpaired) electrons. The Morgan fingerprint density at radius 1 is 1.32 bits per heavy atom. The summed E-state index contributed by atoms with van der Waals surface area (Å²) >= 11 is 0. The molecule has 0 aliphatic rings. The fourth-order valence-corrected chi connectivity index (χ4v) is 1.96. The van der Waals surface area contributed by atoms with E-state index < -0.39 is 0 Å². The van der Waals surface area contributed by atoms with Gasteiger partial charge in [0.15, 0.2) is 5.82 Å². The van der Waals surface area contributed by atoms with E-state index in [0.717, 1.165) is 5.69 Å². The summed E-state index contributed by atoms with van der Waals surface area (Å²) < 4.78 is 3.07. The molecular weight excluding hydrogens is 244 g/mol. The number of fused-ring (bicyclic) bond motifs is 1. The van der Waals surface area contributed by atoms with Crippen LogP contribution in [0.2, 0.25) is 0 Å². The van der Waals surface area contributed by atoms with Crippen molar-refractivity contribution in [3.63, 3.8) is 0 Å². The van der Waals surface area contributed by atoms with Gasteiger partial charge in [-0.15, -0.1) is 0 Å². The lowest BCUT2D eigenvalue weighted by atomic mass is 10.4. The van der Waals surface area contributed by atoms with Crippen LogP contribution in [-0.2, 0) is 6.54 Å². The van der Waals surface area contributed by atoms with Crippen LogP contribution in [0, 0.1) is 6.92 Å². The third kappa shape index (κ3) is 2.05. The van der Waals surface area contributed by atoms with Gasteiger partial charge < -0.3 is 10.3 Å². The Labute approximate surface area is 108 Å². The summed E-state index contributed by atoms with van der Waals surface area (Å²) in [7, 11) is 0. The molecule has 96 valence electrons. The van der Waals surface area contributed by atoms with E-state index in [-0.39, 0.29) is 12.1 Å². The average Bonchev–Trinajstić information content (AvgIpc) is 2.80. The predicted octanol–water partition coefficient (Wildman–Crippen LogP) is 0.225. The van der Waals surface area contributed by atoms with E-state index in [0.29, 0.717) is 17.2 Å². The van der Waals surface area contributed by atoms with E-state index in [1.54, 1.807) is 30.7 Å². The average molecular weight is 256 g/mol. The Kier molecular flexibility index (Phi) is 2.52. The summed E-state index contributed by atoms with van der Waals surface area (Å²) in [5.74, 6) is 0.921. The minimum absolute atomic E-state index is 0.135. The minimum Gasteiger partial charge on any atom is -0.384 e. The fourth-order valence-electron chi connectivity index (χ4n) is 1.96. The summed E-state index contributed by atoms with van der Waals surface area (Å²) in [5, 5.41) is 4.01. The van der Waals surface area contributed by atoms with Gasteiger partial charge >= 0.3 is 0 Å². The molecule has 3 aromatic rings. The van der Waals surface area contributed by atoms with E-state index in [2.05, 4.69) is 15.1 Å². The summed E-state index contributed by atoms with van der Waals surface area (Å²) in [5.41, 5.74) is 6.83. The minimum atomic E-state index is -0.135. The zero-order chi connectivity index (χ0) is 13.4. The molecule has 0 fully saturated rings. The van der Waals surface area contributed by atoms with Crippen LogP contribution in [-0.4, -0.2) is 24.1 Å². The Morgan fingerprint density at radius 3 is 2.95 bits per heavy atom. The highest BCUT2D eigenvalue weighted by Crippen LogP contribution is 2.03. The van der Waals surface area contributed by atoms with Crippen LogP contribution in [0.15, 0.2) is 35.5 Å². The summed E-state index contributed by atoms with van der Waals surface area (Å²) in [4.78, 5) is 20.6. The Hall–Kier alpha value is -2.70. The second-order valence-electron chi connectivity index (χ2n) is 4.24. The number of rotatable bonds is 2. The van der Waals surface area contributed by atoms with E-state index in [1.807, 2.05) is 6.92 Å². The van der Waals surface area contributed by atoms with Crippen LogP contribution in [0.1, 0.15) is 11.5 Å². The highest BCUT2D eigenvalue weighted by atomic mass is 16.1. The van der Waals surface area contributed by atoms with Crippen molar-refractivity contribution < 1.29 is 0 Å². The summed E-state index contributed by atoms with van der Waals surface area (Å²) in [6.07, 6.45) is 4.96. The van der Waals surface area contributed by atoms with Crippen molar-refractivity contribution in [3.8, 4) is 0 Å². The first-order valence-corrected chi connectivity index (χ1v) is 5.76. The molecule has 3 heterocycles. The molecule has 0 amide bonds. The van der Waals surface area contributed by atoms with Crippen LogP contribution in [0.4, 0.5) is 5.82 Å². The molecule has 0 bridgehead atoms. The molecule has 0 unspecified atom stereocenters. The number of nitrogens with two attached hydrogens (primary N) is 1. The molecule has 0 aliphatic carbocycles. The number of nitrogen functional groups attached to an aromatic ring is 1. The maximum absolute atomic E-state index is 12.2. The van der Waals surface area contributed by atoms with Gasteiger partial charge in [-0.2, -0.15) is 5.10 Å². The lowest BCUT2D eigenvalue weighted by Gasteiger charge is -2.06. The van der Waals surface area contributed by atoms with Gasteiger partial charge in [-0.05, 0) is 13.0 Å². The SMILES string of the molecule is Cc1cc(N)nc(Cn2ccn3nccc3c2=O)n1. The van der Waals surface area contributed by atoms with Gasteiger partial charge in [0.05, 0.1) is 12.7 Å². The number of nitrogens with zero attached hydrogens (tertiary/aromatic N) is 5. The first-order chi connectivity index (χ1) is 9.13. The molecule has 0 aromatic carbocycles. The molecular formula is C12H12N6O. The fraction of sp³-hybridized carbons (Fsp3) is 0.167. The zero-order valence-corrected chi connectivity index (χ0v) is 10.3. The second-order valence-corrected chi connectivity index (χ2v) is 4.24. The standard InChI is InChI=1S/C12H12N6O/c1-8-6-10(13)16-11(15-8)7-17-4-5-18-9(12(17)19)2-3-14-18/h2-6H,7H2,1H3,(H2,13,15,16). The number of hydrogen-bond acceptors (Lipinski definition) is 5. The molecule has 2 N–H and O–H groups in total. The number of hydrogen-bond donors (Lipinski definition) is 1. The molecule has 3 aromatic heterocycles. The largest absolute Gasteiger partial charge is 0.384 e. The predicted molar refractivity (Wildman–Crippen MR) is 69.7 cm³/mol. The van der Waals surface area contributed by atoms with Crippen LogP contribution in [0.25, 0.3) is 5.52 Å². The lowest BCUT2D eigenvalue weighted by Crippen LogP contribution is -2.23. The molecule has 0 spiro atoms. The normalized spacial score (nSPS) is 11.0. The van der Waals surface area contributed by atoms with Crippen molar-refractivity contribution in [1.82, 2.24) is 24.1 Å². The van der Waals surface area contributed by atoms with Gasteiger partial charge in [-0.3, -0.25) is 4.79 Å². The van der Waals surface area contributed by atoms with Gasteiger partial charge in [-0.1, -0.05) is 0 Å². The molecule has 0 saturated carbocycles. The van der Waals surface area contributed by atoms with Crippen molar-refractivity contribution >= 4 is 11.3 Å². The van der Waals surface area contributed by atoms with Gasteiger partial charge in [0.2, 0.25) is 0 Å². The number of aryl methyl sites for hydroxylation is 1. The zero-order valence-electron chi connectivity index (χ0n) is 10.3. The molecule has 19 heavy (non-hydrogen) atoms. The smallest absolute Gasteiger partial charge is 0.276 e. The van der Waals surface area contributed by atoms with E-state index in [1.165, 1.54) is 9.08 Å². The van der Waals surface area contributed by atoms with Crippen LogP contribution in [0.5, 0.6) is 0 Å². The van der Waals surface area contributed by atoms with Gasteiger partial charge in [0.25, 0.3) is 5.56 Å². The lowest BCUT2D eigenvalue weighted by molar-refractivity contribution is 0.702. The number of aromatic nitrogens is 5. The van der Waals surface area contributed by atoms with E-state index in [9.17, 15) is 4.79 Å². The van der Waals surface area contributed by atoms with E-state index >= 15 is 0 Å². The van der Waals surface area contributed by atoms with Crippen molar-refractivity contribution in [2.45, 2.75) is 13.5 Å². The molecule has 7 heteroatoms. The second kappa shape index (κ2) is 4.20. The van der Waals surface area contributed by atoms with Crippen molar-refractivity contribution in [2.24, 2.45) is 0 Å². The molecule has 7 nitrogen and oxygen atoms in total. The number of anilines is 1. The van der Waals surface area contributed by atoms with Crippen LogP contribution < -0.4 is 11.3 Å². The van der Waals surface area contributed by atoms with Gasteiger partial charge in [0, 0.05) is 24.2 Å². The van der Waals surface area contributed by atoms with Crippen LogP contribution in [0.3, 0.4) is 0 Å². The third-order valence-corrected chi connectivity index (χ3v) is 2.77. The third-order valence-electron chi connectivity index (χ3n) is 2.77. The Morgan fingerprint density at radius 2 is 2.16 bits per heavy atom. The van der Waals surface area contributed by atoms with Crippen molar-refractivity contribution in [2.75, 3.05) is 5.73 Å². The van der Waals surface area contributed by atoms with Crippen molar-refractivity contribution in [3.05, 3.63) is 52.6 Å². The highest BCUT2D eigenvalue weighted by molar-refractivity contribution is 5.42. The molecule has 0 aliphatic heterocycles. The summed E-state index contributed by atoms with van der Waals surface area (Å²) in [6, 6.07) is 3.36. The van der Waals surface area contributed by atoms with Crippen LogP contribution >= 0.6 is 0 Å². The van der Waals surface area contributed by atoms with Gasteiger partial charge in [-0.25, -0.2) is 14.5 Å². The Balaban J connectivity index is 2.05. The monoisotopic (exact) mass is 256 g/mol. The first kappa shape index (κ1) is 11.4. The van der Waals surface area contributed by atoms with E-state index in [4.69, 9.17) is 5.73 Å². The first-order valence-electron chi connectivity index (χ1n) is 5.76. The van der Waals surface area contributed by atoms with Crippen molar-refractivity contribution in [1.29, 1.82) is 0 Å². The quantitative estimate of drug-likeness (QED) is 0.708. The highest BCUT2D eigenvalue weighted by Gasteiger charge is 2.06. The Bertz CT molecular complexity index is 783. The topological polar surface area (TPSA) is 91.1 Å². The molecule has 0 atom stereocenters. The molecule has 3 rings (SSSR count). The van der Waals surface area contributed by atoms with Gasteiger partial charge in [0.1, 0.15) is 11.3 Å². The molecule has 0 saturated heterocycles. The maximum atomic E-state index is 12.2. The summed E-state index contributed by atoms with van der Waals surface area (Å²) in [6.45, 7) is 2.12. The maximum Gasteiger partial charge on any atom is 0.276 e.